The minimum atomic E-state index is -1.21. The number of ether oxygens (including phenoxy) is 1. The van der Waals surface area contributed by atoms with Gasteiger partial charge in [-0.05, 0) is 17.5 Å². The van der Waals surface area contributed by atoms with Crippen molar-refractivity contribution in [2.75, 3.05) is 19.7 Å². The number of benzene rings is 2. The molecule has 2 aliphatic heterocycles. The van der Waals surface area contributed by atoms with Crippen LogP contribution in [0.15, 0.2) is 60.7 Å². The van der Waals surface area contributed by atoms with Crippen LogP contribution in [0, 0.1) is 5.92 Å². The summed E-state index contributed by atoms with van der Waals surface area (Å²) in [6.45, 7) is -0.676. The Morgan fingerprint density at radius 2 is 1.62 bits per heavy atom. The summed E-state index contributed by atoms with van der Waals surface area (Å²) in [5.74, 6) is -3.39. The summed E-state index contributed by atoms with van der Waals surface area (Å²) >= 11 is 0. The Morgan fingerprint density at radius 1 is 0.949 bits per heavy atom. The third kappa shape index (κ3) is 7.41. The molecule has 39 heavy (non-hydrogen) atoms. The zero-order chi connectivity index (χ0) is 27.8. The Morgan fingerprint density at radius 3 is 2.28 bits per heavy atom. The molecule has 0 spiro atoms. The number of rotatable bonds is 11. The highest BCUT2D eigenvalue weighted by molar-refractivity contribution is 5.94. The van der Waals surface area contributed by atoms with Gasteiger partial charge >= 0.3 is 5.97 Å². The predicted molar refractivity (Wildman–Crippen MR) is 139 cm³/mol. The molecule has 4 amide bonds. The lowest BCUT2D eigenvalue weighted by molar-refractivity contribution is -0.159. The average molecular weight is 537 g/mol. The molecule has 206 valence electrons. The molecule has 0 saturated carbocycles. The van der Waals surface area contributed by atoms with Crippen LogP contribution in [-0.4, -0.2) is 77.6 Å². The number of carboxylic acid groups (broad SMARTS) is 1. The van der Waals surface area contributed by atoms with Crippen LogP contribution in [0.25, 0.3) is 0 Å². The lowest BCUT2D eigenvalue weighted by atomic mass is 9.98. The highest BCUT2D eigenvalue weighted by Gasteiger charge is 2.47. The number of carbonyl (C=O) groups is 5. The SMILES string of the molecule is O=C(O)CNC(=O)[C@H](Cc1ccccc1)NC(=O)CNC(=O)[C@@H]1CCO[C@H]2CC(Cc3ccccc3)C(=O)N21. The van der Waals surface area contributed by atoms with Crippen molar-refractivity contribution in [3.05, 3.63) is 71.8 Å². The summed E-state index contributed by atoms with van der Waals surface area (Å²) in [7, 11) is 0. The first kappa shape index (κ1) is 27.8. The quantitative estimate of drug-likeness (QED) is 0.321. The number of aliphatic carboxylic acids is 1. The molecule has 2 saturated heterocycles. The Balaban J connectivity index is 1.34. The molecule has 1 unspecified atom stereocenters. The molecule has 0 bridgehead atoms. The number of carbonyl (C=O) groups excluding carboxylic acids is 4. The van der Waals surface area contributed by atoms with Crippen molar-refractivity contribution in [3.8, 4) is 0 Å². The lowest BCUT2D eigenvalue weighted by Crippen LogP contribution is -2.56. The first-order valence-corrected chi connectivity index (χ1v) is 12.9. The largest absolute Gasteiger partial charge is 0.480 e. The fourth-order valence-corrected chi connectivity index (χ4v) is 4.97. The maximum absolute atomic E-state index is 13.2. The van der Waals surface area contributed by atoms with E-state index in [-0.39, 0.29) is 18.2 Å². The van der Waals surface area contributed by atoms with Crippen molar-refractivity contribution in [1.29, 1.82) is 0 Å². The number of nitrogens with one attached hydrogen (secondary N) is 3. The van der Waals surface area contributed by atoms with E-state index >= 15 is 0 Å². The first-order valence-electron chi connectivity index (χ1n) is 12.9. The topological polar surface area (TPSA) is 154 Å². The van der Waals surface area contributed by atoms with E-state index in [0.29, 0.717) is 25.9 Å². The van der Waals surface area contributed by atoms with Crippen LogP contribution in [0.3, 0.4) is 0 Å². The van der Waals surface area contributed by atoms with Gasteiger partial charge < -0.3 is 30.7 Å². The van der Waals surface area contributed by atoms with E-state index < -0.39 is 55.1 Å². The van der Waals surface area contributed by atoms with Gasteiger partial charge in [-0.3, -0.25) is 24.0 Å². The van der Waals surface area contributed by atoms with Crippen molar-refractivity contribution in [2.24, 2.45) is 5.92 Å². The Kier molecular flexibility index (Phi) is 9.27. The number of amides is 4. The molecule has 0 radical (unpaired) electrons. The molecule has 0 aliphatic carbocycles. The van der Waals surface area contributed by atoms with Crippen molar-refractivity contribution in [1.82, 2.24) is 20.9 Å². The highest BCUT2D eigenvalue weighted by Crippen LogP contribution is 2.33. The van der Waals surface area contributed by atoms with E-state index in [4.69, 9.17) is 9.84 Å². The average Bonchev–Trinajstić information content (AvgIpc) is 3.26. The van der Waals surface area contributed by atoms with E-state index in [1.165, 1.54) is 4.90 Å². The minimum absolute atomic E-state index is 0.138. The second-order valence-corrected chi connectivity index (χ2v) is 9.64. The minimum Gasteiger partial charge on any atom is -0.480 e. The number of nitrogens with zero attached hydrogens (tertiary/aromatic N) is 1. The van der Waals surface area contributed by atoms with Gasteiger partial charge in [-0.15, -0.1) is 0 Å². The standard InChI is InChI=1S/C28H32N4O7/c33-23(31-21(26(36)30-17-25(34)35)14-19-9-5-2-6-10-19)16-29-27(37)22-11-12-39-24-15-20(28(38)32(22)24)13-18-7-3-1-4-8-18/h1-10,20-22,24H,11-17H2,(H,29,37)(H,30,36)(H,31,33)(H,34,35)/t20?,21-,22-,24-/m0/s1. The molecule has 2 aromatic rings. The Hall–Kier alpha value is -4.25. The Labute approximate surface area is 225 Å². The summed E-state index contributed by atoms with van der Waals surface area (Å²) in [5, 5.41) is 16.3. The molecule has 11 heteroatoms. The van der Waals surface area contributed by atoms with Crippen molar-refractivity contribution >= 4 is 29.6 Å². The highest BCUT2D eigenvalue weighted by atomic mass is 16.5. The van der Waals surface area contributed by atoms with Gasteiger partial charge in [0.15, 0.2) is 0 Å². The summed E-state index contributed by atoms with van der Waals surface area (Å²) in [6.07, 6.45) is 1.00. The predicted octanol–water partition coefficient (Wildman–Crippen LogP) is 0.237. The van der Waals surface area contributed by atoms with Crippen LogP contribution in [0.4, 0.5) is 0 Å². The maximum atomic E-state index is 13.2. The number of fused-ring (bicyclic) bond motifs is 1. The van der Waals surface area contributed by atoms with Crippen LogP contribution in [0.5, 0.6) is 0 Å². The van der Waals surface area contributed by atoms with Gasteiger partial charge in [-0.2, -0.15) is 0 Å². The maximum Gasteiger partial charge on any atom is 0.322 e. The van der Waals surface area contributed by atoms with Gasteiger partial charge in [0.05, 0.1) is 13.2 Å². The van der Waals surface area contributed by atoms with Crippen LogP contribution in [-0.2, 0) is 41.6 Å². The molecule has 2 aromatic carbocycles. The van der Waals surface area contributed by atoms with Gasteiger partial charge in [-0.25, -0.2) is 0 Å². The second-order valence-electron chi connectivity index (χ2n) is 9.64. The number of hydrogen-bond donors (Lipinski definition) is 4. The normalized spacial score (nSPS) is 21.0. The van der Waals surface area contributed by atoms with Gasteiger partial charge in [0.1, 0.15) is 24.9 Å². The van der Waals surface area contributed by atoms with Crippen LogP contribution < -0.4 is 16.0 Å². The summed E-state index contributed by atoms with van der Waals surface area (Å²) < 4.78 is 5.78. The summed E-state index contributed by atoms with van der Waals surface area (Å²) in [6, 6.07) is 16.8. The van der Waals surface area contributed by atoms with Crippen LogP contribution >= 0.6 is 0 Å². The third-order valence-corrected chi connectivity index (χ3v) is 6.84. The lowest BCUT2D eigenvalue weighted by Gasteiger charge is -2.36. The fourth-order valence-electron chi connectivity index (χ4n) is 4.97. The molecule has 2 fully saturated rings. The van der Waals surface area contributed by atoms with E-state index in [1.54, 1.807) is 24.3 Å². The Bertz CT molecular complexity index is 1190. The van der Waals surface area contributed by atoms with E-state index in [1.807, 2.05) is 36.4 Å². The molecule has 2 heterocycles. The molecular weight excluding hydrogens is 504 g/mol. The fraction of sp³-hybridized carbons (Fsp3) is 0.393. The van der Waals surface area contributed by atoms with Crippen LogP contribution in [0.1, 0.15) is 24.0 Å². The third-order valence-electron chi connectivity index (χ3n) is 6.84. The molecule has 4 atom stereocenters. The van der Waals surface area contributed by atoms with Crippen molar-refractivity contribution in [2.45, 2.75) is 44.0 Å². The van der Waals surface area contributed by atoms with Gasteiger partial charge in [0.2, 0.25) is 23.6 Å². The van der Waals surface area contributed by atoms with E-state index in [9.17, 15) is 24.0 Å². The van der Waals surface area contributed by atoms with Crippen LogP contribution in [0.2, 0.25) is 0 Å². The summed E-state index contributed by atoms with van der Waals surface area (Å²) in [4.78, 5) is 63.9. The summed E-state index contributed by atoms with van der Waals surface area (Å²) in [5.41, 5.74) is 1.80. The van der Waals surface area contributed by atoms with Crippen molar-refractivity contribution in [3.63, 3.8) is 0 Å². The van der Waals surface area contributed by atoms with Gasteiger partial charge in [0.25, 0.3) is 0 Å². The molecule has 0 aromatic heterocycles. The molecule has 4 N–H and O–H groups in total. The molecular formula is C28H32N4O7. The monoisotopic (exact) mass is 536 g/mol. The molecule has 11 nitrogen and oxygen atoms in total. The van der Waals surface area contributed by atoms with Crippen molar-refractivity contribution < 1.29 is 33.8 Å². The molecule has 4 rings (SSSR count). The molecule has 2 aliphatic rings. The number of carboxylic acids is 1. The number of hydrogen-bond acceptors (Lipinski definition) is 6. The first-order chi connectivity index (χ1) is 18.8. The van der Waals surface area contributed by atoms with Gasteiger partial charge in [0, 0.05) is 25.2 Å². The zero-order valence-corrected chi connectivity index (χ0v) is 21.4. The van der Waals surface area contributed by atoms with E-state index in [2.05, 4.69) is 16.0 Å². The van der Waals surface area contributed by atoms with E-state index in [0.717, 1.165) is 11.1 Å². The zero-order valence-electron chi connectivity index (χ0n) is 21.4. The van der Waals surface area contributed by atoms with Gasteiger partial charge in [-0.1, -0.05) is 60.7 Å². The second kappa shape index (κ2) is 13.0. The smallest absolute Gasteiger partial charge is 0.322 e.